The Bertz CT molecular complexity index is 445. The van der Waals surface area contributed by atoms with E-state index >= 15 is 0 Å². The number of hydrogen-bond acceptors (Lipinski definition) is 3. The van der Waals surface area contributed by atoms with Crippen molar-refractivity contribution in [3.05, 3.63) is 16.5 Å². The third kappa shape index (κ3) is 3.47. The molecule has 0 amide bonds. The predicted octanol–water partition coefficient (Wildman–Crippen LogP) is 4.35. The van der Waals surface area contributed by atoms with Gasteiger partial charge in [0.15, 0.2) is 0 Å². The summed E-state index contributed by atoms with van der Waals surface area (Å²) in [6, 6.07) is 2.00. The first-order valence-electron chi connectivity index (χ1n) is 7.50. The molecule has 0 saturated heterocycles. The van der Waals surface area contributed by atoms with E-state index in [9.17, 15) is 0 Å². The Morgan fingerprint density at radius 1 is 1.21 bits per heavy atom. The van der Waals surface area contributed by atoms with E-state index < -0.39 is 0 Å². The molecule has 3 nitrogen and oxygen atoms in total. The van der Waals surface area contributed by atoms with Gasteiger partial charge in [0.05, 0.1) is 0 Å². The minimum absolute atomic E-state index is 0.603. The van der Waals surface area contributed by atoms with Gasteiger partial charge < -0.3 is 5.32 Å². The Kier molecular flexibility index (Phi) is 4.06. The molecule has 104 valence electrons. The highest BCUT2D eigenvalue weighted by Gasteiger charge is 2.27. The van der Waals surface area contributed by atoms with Crippen molar-refractivity contribution in [1.29, 1.82) is 0 Å². The maximum absolute atomic E-state index is 4.65. The molecule has 2 saturated carbocycles. The summed E-state index contributed by atoms with van der Waals surface area (Å²) in [5.41, 5.74) is 0. The molecule has 1 aromatic heterocycles. The molecule has 2 aliphatic carbocycles. The van der Waals surface area contributed by atoms with Gasteiger partial charge in [-0.25, -0.2) is 9.97 Å². The highest BCUT2D eigenvalue weighted by atomic mass is 79.9. The molecule has 3 rings (SSSR count). The van der Waals surface area contributed by atoms with Crippen LogP contribution >= 0.6 is 15.9 Å². The maximum atomic E-state index is 4.65. The van der Waals surface area contributed by atoms with E-state index in [0.29, 0.717) is 5.92 Å². The molecule has 2 fully saturated rings. The lowest BCUT2D eigenvalue weighted by Gasteiger charge is -2.29. The fourth-order valence-corrected chi connectivity index (χ4v) is 3.38. The van der Waals surface area contributed by atoms with Gasteiger partial charge in [-0.3, -0.25) is 0 Å². The van der Waals surface area contributed by atoms with Gasteiger partial charge >= 0.3 is 0 Å². The van der Waals surface area contributed by atoms with Gasteiger partial charge in [0.1, 0.15) is 16.2 Å². The second kappa shape index (κ2) is 5.78. The fourth-order valence-electron chi connectivity index (χ4n) is 2.98. The monoisotopic (exact) mass is 323 g/mol. The van der Waals surface area contributed by atoms with Crippen LogP contribution in [0.25, 0.3) is 0 Å². The van der Waals surface area contributed by atoms with Crippen molar-refractivity contribution in [2.45, 2.75) is 51.4 Å². The van der Waals surface area contributed by atoms with Crippen LogP contribution in [0.2, 0.25) is 0 Å². The molecule has 19 heavy (non-hydrogen) atoms. The Morgan fingerprint density at radius 2 is 2.00 bits per heavy atom. The van der Waals surface area contributed by atoms with Crippen LogP contribution in [0.4, 0.5) is 5.82 Å². The maximum Gasteiger partial charge on any atom is 0.135 e. The second-order valence-corrected chi connectivity index (χ2v) is 6.92. The Labute approximate surface area is 123 Å². The minimum atomic E-state index is 0.603. The van der Waals surface area contributed by atoms with Gasteiger partial charge in [-0.1, -0.05) is 26.2 Å². The summed E-state index contributed by atoms with van der Waals surface area (Å²) in [4.78, 5) is 9.12. The van der Waals surface area contributed by atoms with Crippen LogP contribution < -0.4 is 5.32 Å². The van der Waals surface area contributed by atoms with E-state index in [1.165, 1.54) is 38.5 Å². The Morgan fingerprint density at radius 3 is 2.74 bits per heavy atom. The van der Waals surface area contributed by atoms with Crippen LogP contribution in [0.15, 0.2) is 10.7 Å². The zero-order chi connectivity index (χ0) is 13.2. The van der Waals surface area contributed by atoms with Crippen molar-refractivity contribution in [2.75, 3.05) is 11.9 Å². The Balaban J connectivity index is 1.62. The molecule has 0 aromatic carbocycles. The van der Waals surface area contributed by atoms with Gasteiger partial charge in [-0.2, -0.15) is 0 Å². The summed E-state index contributed by atoms with van der Waals surface area (Å²) in [6.07, 6.45) is 8.02. The summed E-state index contributed by atoms with van der Waals surface area (Å²) < 4.78 is 0.906. The van der Waals surface area contributed by atoms with E-state index in [4.69, 9.17) is 0 Å². The van der Waals surface area contributed by atoms with E-state index in [2.05, 4.69) is 38.1 Å². The molecular weight excluding hydrogens is 302 g/mol. The van der Waals surface area contributed by atoms with Crippen molar-refractivity contribution in [3.63, 3.8) is 0 Å². The number of anilines is 1. The van der Waals surface area contributed by atoms with E-state index in [0.717, 1.165) is 34.6 Å². The summed E-state index contributed by atoms with van der Waals surface area (Å²) in [6.45, 7) is 3.44. The third-order valence-electron chi connectivity index (χ3n) is 4.49. The lowest BCUT2D eigenvalue weighted by Crippen LogP contribution is -2.24. The van der Waals surface area contributed by atoms with Crippen LogP contribution in [-0.2, 0) is 0 Å². The largest absolute Gasteiger partial charge is 0.370 e. The van der Waals surface area contributed by atoms with Crippen LogP contribution in [0.3, 0.4) is 0 Å². The quantitative estimate of drug-likeness (QED) is 0.837. The fraction of sp³-hybridized carbons (Fsp3) is 0.733. The van der Waals surface area contributed by atoms with Crippen molar-refractivity contribution in [3.8, 4) is 0 Å². The third-order valence-corrected chi connectivity index (χ3v) is 4.90. The molecule has 1 N–H and O–H groups in total. The van der Waals surface area contributed by atoms with Gasteiger partial charge in [0.2, 0.25) is 0 Å². The number of hydrogen-bond donors (Lipinski definition) is 1. The van der Waals surface area contributed by atoms with Crippen LogP contribution in [0, 0.1) is 11.8 Å². The normalized spacial score (nSPS) is 27.3. The molecule has 0 aliphatic heterocycles. The van der Waals surface area contributed by atoms with Gasteiger partial charge in [0.25, 0.3) is 0 Å². The molecular formula is C15H22BrN3. The number of rotatable bonds is 4. The first-order chi connectivity index (χ1) is 9.22. The molecule has 0 radical (unpaired) electrons. The molecule has 4 heteroatoms. The van der Waals surface area contributed by atoms with Crippen LogP contribution in [0.1, 0.15) is 57.2 Å². The smallest absolute Gasteiger partial charge is 0.135 e. The number of nitrogens with one attached hydrogen (secondary N) is 1. The molecule has 1 aromatic rings. The SMILES string of the molecule is CC1CCCCC1CNc1cc(Br)nc(C2CC2)n1. The molecule has 2 atom stereocenters. The van der Waals surface area contributed by atoms with Crippen LogP contribution in [-0.4, -0.2) is 16.5 Å². The molecule has 2 unspecified atom stereocenters. The van der Waals surface area contributed by atoms with Crippen LogP contribution in [0.5, 0.6) is 0 Å². The summed E-state index contributed by atoms with van der Waals surface area (Å²) in [5, 5.41) is 3.53. The second-order valence-electron chi connectivity index (χ2n) is 6.11. The van der Waals surface area contributed by atoms with E-state index in [1.54, 1.807) is 0 Å². The zero-order valence-corrected chi connectivity index (χ0v) is 13.1. The van der Waals surface area contributed by atoms with E-state index in [1.807, 2.05) is 6.07 Å². The minimum Gasteiger partial charge on any atom is -0.370 e. The van der Waals surface area contributed by atoms with E-state index in [-0.39, 0.29) is 0 Å². The topological polar surface area (TPSA) is 37.8 Å². The lowest BCUT2D eigenvalue weighted by atomic mass is 9.80. The number of nitrogens with zero attached hydrogens (tertiary/aromatic N) is 2. The van der Waals surface area contributed by atoms with Crippen molar-refractivity contribution in [2.24, 2.45) is 11.8 Å². The molecule has 2 aliphatic rings. The first-order valence-corrected chi connectivity index (χ1v) is 8.30. The summed E-state index contributed by atoms with van der Waals surface area (Å²) in [5.74, 6) is 4.24. The van der Waals surface area contributed by atoms with Gasteiger partial charge in [-0.05, 0) is 47.0 Å². The van der Waals surface area contributed by atoms with Crippen molar-refractivity contribution in [1.82, 2.24) is 9.97 Å². The summed E-state index contributed by atoms with van der Waals surface area (Å²) >= 11 is 3.50. The Hall–Kier alpha value is -0.640. The molecule has 0 spiro atoms. The highest BCUT2D eigenvalue weighted by molar-refractivity contribution is 9.10. The number of halogens is 1. The molecule has 1 heterocycles. The molecule has 0 bridgehead atoms. The highest BCUT2D eigenvalue weighted by Crippen LogP contribution is 2.39. The standard InChI is InChI=1S/C15H22BrN3/c1-10-4-2-3-5-12(10)9-17-14-8-13(16)18-15(19-14)11-6-7-11/h8,10-12H,2-7,9H2,1H3,(H,17,18,19). The zero-order valence-electron chi connectivity index (χ0n) is 11.5. The summed E-state index contributed by atoms with van der Waals surface area (Å²) in [7, 11) is 0. The van der Waals surface area contributed by atoms with Crippen molar-refractivity contribution >= 4 is 21.7 Å². The van der Waals surface area contributed by atoms with Crippen molar-refractivity contribution < 1.29 is 0 Å². The van der Waals surface area contributed by atoms with Gasteiger partial charge in [0, 0.05) is 18.5 Å². The predicted molar refractivity (Wildman–Crippen MR) is 81.3 cm³/mol. The average Bonchev–Trinajstić information content (AvgIpc) is 3.21. The van der Waals surface area contributed by atoms with Gasteiger partial charge in [-0.15, -0.1) is 0 Å². The lowest BCUT2D eigenvalue weighted by molar-refractivity contribution is 0.268. The first kappa shape index (κ1) is 13.3. The number of aromatic nitrogens is 2. The average molecular weight is 324 g/mol.